The molecule has 1 nitrogen and oxygen atoms in total. The van der Waals surface area contributed by atoms with Crippen molar-refractivity contribution in [2.45, 2.75) is 65.3 Å². The van der Waals surface area contributed by atoms with E-state index in [2.05, 4.69) is 57.3 Å². The summed E-state index contributed by atoms with van der Waals surface area (Å²) in [4.78, 5) is 0. The molecule has 1 aliphatic carbocycles. The molecule has 3 unspecified atom stereocenters. The third kappa shape index (κ3) is 3.85. The predicted molar refractivity (Wildman–Crippen MR) is 88.1 cm³/mol. The fourth-order valence-electron chi connectivity index (χ4n) is 3.50. The molecular formula is C19H31N. The molecule has 0 radical (unpaired) electrons. The highest BCUT2D eigenvalue weighted by Gasteiger charge is 2.29. The van der Waals surface area contributed by atoms with Crippen LogP contribution in [-0.4, -0.2) is 6.54 Å². The van der Waals surface area contributed by atoms with E-state index in [-0.39, 0.29) is 0 Å². The van der Waals surface area contributed by atoms with Gasteiger partial charge < -0.3 is 5.32 Å². The highest BCUT2D eigenvalue weighted by molar-refractivity contribution is 5.27. The minimum atomic E-state index is 0.557. The standard InChI is InChI=1S/C19H31N/c1-5-12-20-19(18-7-6-15(4)13-18)17-10-8-16(9-11-17)14(2)3/h8-11,14-15,18-20H,5-7,12-13H2,1-4H3. The zero-order valence-electron chi connectivity index (χ0n) is 13.7. The van der Waals surface area contributed by atoms with Crippen LogP contribution in [0.15, 0.2) is 24.3 Å². The third-order valence-corrected chi connectivity index (χ3v) is 4.78. The number of rotatable bonds is 6. The van der Waals surface area contributed by atoms with Gasteiger partial charge in [0.15, 0.2) is 0 Å². The summed E-state index contributed by atoms with van der Waals surface area (Å²) in [5.41, 5.74) is 2.93. The summed E-state index contributed by atoms with van der Waals surface area (Å²) in [6, 6.07) is 9.90. The molecule has 0 spiro atoms. The van der Waals surface area contributed by atoms with E-state index in [4.69, 9.17) is 0 Å². The predicted octanol–water partition coefficient (Wildman–Crippen LogP) is 5.29. The second-order valence-corrected chi connectivity index (χ2v) is 6.93. The van der Waals surface area contributed by atoms with E-state index in [1.165, 1.54) is 36.8 Å². The van der Waals surface area contributed by atoms with Crippen LogP contribution in [0.5, 0.6) is 0 Å². The lowest BCUT2D eigenvalue weighted by Crippen LogP contribution is -2.28. The first-order chi connectivity index (χ1) is 9.61. The molecule has 1 saturated carbocycles. The molecule has 1 aromatic carbocycles. The average Bonchev–Trinajstić information content (AvgIpc) is 2.86. The Morgan fingerprint density at radius 3 is 2.25 bits per heavy atom. The topological polar surface area (TPSA) is 12.0 Å². The zero-order chi connectivity index (χ0) is 14.5. The summed E-state index contributed by atoms with van der Waals surface area (Å²) in [5, 5.41) is 3.80. The molecule has 0 saturated heterocycles. The van der Waals surface area contributed by atoms with E-state index in [0.717, 1.165) is 18.4 Å². The van der Waals surface area contributed by atoms with Crippen LogP contribution >= 0.6 is 0 Å². The molecular weight excluding hydrogens is 242 g/mol. The molecule has 20 heavy (non-hydrogen) atoms. The highest BCUT2D eigenvalue weighted by Crippen LogP contribution is 2.39. The van der Waals surface area contributed by atoms with E-state index in [1.54, 1.807) is 0 Å². The Labute approximate surface area is 125 Å². The van der Waals surface area contributed by atoms with E-state index < -0.39 is 0 Å². The van der Waals surface area contributed by atoms with Crippen LogP contribution in [0.2, 0.25) is 0 Å². The lowest BCUT2D eigenvalue weighted by Gasteiger charge is -2.26. The van der Waals surface area contributed by atoms with Crippen LogP contribution in [0.25, 0.3) is 0 Å². The van der Waals surface area contributed by atoms with E-state index in [1.807, 2.05) is 0 Å². The summed E-state index contributed by atoms with van der Waals surface area (Å²) in [6.07, 6.45) is 5.38. The van der Waals surface area contributed by atoms with Gasteiger partial charge in [-0.25, -0.2) is 0 Å². The van der Waals surface area contributed by atoms with Crippen molar-refractivity contribution in [1.82, 2.24) is 5.32 Å². The molecule has 1 fully saturated rings. The first-order valence-electron chi connectivity index (χ1n) is 8.45. The number of hydrogen-bond donors (Lipinski definition) is 1. The number of nitrogens with one attached hydrogen (secondary N) is 1. The van der Waals surface area contributed by atoms with Crippen LogP contribution in [-0.2, 0) is 0 Å². The normalized spacial score (nSPS) is 24.2. The van der Waals surface area contributed by atoms with Crippen LogP contribution in [0.3, 0.4) is 0 Å². The Balaban J connectivity index is 2.12. The van der Waals surface area contributed by atoms with Gasteiger partial charge in [-0.05, 0) is 54.7 Å². The summed E-state index contributed by atoms with van der Waals surface area (Å²) in [7, 11) is 0. The molecule has 2 rings (SSSR count). The Kier molecular flexibility index (Phi) is 5.65. The lowest BCUT2D eigenvalue weighted by molar-refractivity contribution is 0.359. The highest BCUT2D eigenvalue weighted by atomic mass is 14.9. The maximum atomic E-state index is 3.80. The quantitative estimate of drug-likeness (QED) is 0.743. The van der Waals surface area contributed by atoms with Crippen LogP contribution < -0.4 is 5.32 Å². The molecule has 0 amide bonds. The van der Waals surface area contributed by atoms with Crippen LogP contribution in [0.1, 0.15) is 76.5 Å². The molecule has 3 atom stereocenters. The molecule has 112 valence electrons. The van der Waals surface area contributed by atoms with Crippen molar-refractivity contribution in [2.24, 2.45) is 11.8 Å². The van der Waals surface area contributed by atoms with Gasteiger partial charge in [0, 0.05) is 6.04 Å². The summed E-state index contributed by atoms with van der Waals surface area (Å²) in [5.74, 6) is 2.35. The largest absolute Gasteiger partial charge is 0.310 e. The summed E-state index contributed by atoms with van der Waals surface area (Å²) in [6.45, 7) is 10.3. The average molecular weight is 273 g/mol. The van der Waals surface area contributed by atoms with Gasteiger partial charge in [-0.15, -0.1) is 0 Å². The second-order valence-electron chi connectivity index (χ2n) is 6.93. The maximum absolute atomic E-state index is 3.80. The van der Waals surface area contributed by atoms with Gasteiger partial charge in [0.1, 0.15) is 0 Å². The van der Waals surface area contributed by atoms with Gasteiger partial charge in [0.2, 0.25) is 0 Å². The second kappa shape index (κ2) is 7.26. The van der Waals surface area contributed by atoms with E-state index in [0.29, 0.717) is 12.0 Å². The molecule has 1 aromatic rings. The van der Waals surface area contributed by atoms with E-state index >= 15 is 0 Å². The van der Waals surface area contributed by atoms with Gasteiger partial charge >= 0.3 is 0 Å². The molecule has 0 heterocycles. The first-order valence-corrected chi connectivity index (χ1v) is 8.45. The van der Waals surface area contributed by atoms with Crippen LogP contribution in [0.4, 0.5) is 0 Å². The first kappa shape index (κ1) is 15.6. The maximum Gasteiger partial charge on any atom is 0.0348 e. The third-order valence-electron chi connectivity index (χ3n) is 4.78. The van der Waals surface area contributed by atoms with Crippen molar-refractivity contribution >= 4 is 0 Å². The van der Waals surface area contributed by atoms with Crippen molar-refractivity contribution in [3.63, 3.8) is 0 Å². The molecule has 1 N–H and O–H groups in total. The molecule has 1 aliphatic rings. The molecule has 1 heteroatoms. The van der Waals surface area contributed by atoms with Gasteiger partial charge in [-0.2, -0.15) is 0 Å². The molecule has 0 aromatic heterocycles. The number of benzene rings is 1. The van der Waals surface area contributed by atoms with E-state index in [9.17, 15) is 0 Å². The Morgan fingerprint density at radius 1 is 1.10 bits per heavy atom. The monoisotopic (exact) mass is 273 g/mol. The SMILES string of the molecule is CCCNC(c1ccc(C(C)C)cc1)C1CCC(C)C1. The minimum absolute atomic E-state index is 0.557. The van der Waals surface area contributed by atoms with Crippen molar-refractivity contribution in [2.75, 3.05) is 6.54 Å². The lowest BCUT2D eigenvalue weighted by atomic mass is 9.89. The summed E-state index contributed by atoms with van der Waals surface area (Å²) >= 11 is 0. The smallest absolute Gasteiger partial charge is 0.0348 e. The number of hydrogen-bond acceptors (Lipinski definition) is 1. The minimum Gasteiger partial charge on any atom is -0.310 e. The van der Waals surface area contributed by atoms with Gasteiger partial charge in [0.25, 0.3) is 0 Å². The molecule has 0 aliphatic heterocycles. The van der Waals surface area contributed by atoms with Crippen molar-refractivity contribution < 1.29 is 0 Å². The van der Waals surface area contributed by atoms with Gasteiger partial charge in [-0.1, -0.05) is 58.4 Å². The fraction of sp³-hybridized carbons (Fsp3) is 0.684. The van der Waals surface area contributed by atoms with Crippen molar-refractivity contribution in [3.8, 4) is 0 Å². The van der Waals surface area contributed by atoms with Gasteiger partial charge in [0.05, 0.1) is 0 Å². The van der Waals surface area contributed by atoms with Crippen LogP contribution in [0, 0.1) is 11.8 Å². The Hall–Kier alpha value is -0.820. The van der Waals surface area contributed by atoms with Gasteiger partial charge in [-0.3, -0.25) is 0 Å². The van der Waals surface area contributed by atoms with Crippen molar-refractivity contribution in [1.29, 1.82) is 0 Å². The zero-order valence-corrected chi connectivity index (χ0v) is 13.7. The summed E-state index contributed by atoms with van der Waals surface area (Å²) < 4.78 is 0. The Morgan fingerprint density at radius 2 is 1.75 bits per heavy atom. The molecule has 0 bridgehead atoms. The fourth-order valence-corrected chi connectivity index (χ4v) is 3.50. The Bertz CT molecular complexity index is 393. The van der Waals surface area contributed by atoms with Crippen molar-refractivity contribution in [3.05, 3.63) is 35.4 Å².